The van der Waals surface area contributed by atoms with Crippen molar-refractivity contribution in [3.63, 3.8) is 0 Å². The molecule has 0 radical (unpaired) electrons. The SMILES string of the molecule is Fc1ccc(F)c([C@H]2CCCN2c2ccn3ncc(-c4nc5c(Cl)cc(F)cc5[nH]4)c3n2)c1. The molecule has 1 N–H and O–H groups in total. The topological polar surface area (TPSA) is 62.1 Å². The molecule has 1 aliphatic heterocycles. The average Bonchev–Trinajstić information content (AvgIpc) is 3.52. The number of H-pyrrole nitrogens is 1. The van der Waals surface area contributed by atoms with Gasteiger partial charge in [-0.2, -0.15) is 5.10 Å². The maximum atomic E-state index is 14.5. The summed E-state index contributed by atoms with van der Waals surface area (Å²) >= 11 is 6.14. The van der Waals surface area contributed by atoms with Gasteiger partial charge in [0.2, 0.25) is 0 Å². The van der Waals surface area contributed by atoms with Crippen LogP contribution in [-0.2, 0) is 0 Å². The van der Waals surface area contributed by atoms with E-state index in [4.69, 9.17) is 16.6 Å². The highest BCUT2D eigenvalue weighted by Gasteiger charge is 2.30. The van der Waals surface area contributed by atoms with Gasteiger partial charge in [0.15, 0.2) is 5.65 Å². The van der Waals surface area contributed by atoms with Crippen LogP contribution >= 0.6 is 11.6 Å². The summed E-state index contributed by atoms with van der Waals surface area (Å²) in [5, 5.41) is 4.54. The van der Waals surface area contributed by atoms with Gasteiger partial charge in [-0.25, -0.2) is 27.7 Å². The highest BCUT2D eigenvalue weighted by Crippen LogP contribution is 2.37. The molecule has 2 aromatic carbocycles. The van der Waals surface area contributed by atoms with E-state index in [-0.39, 0.29) is 11.1 Å². The highest BCUT2D eigenvalue weighted by molar-refractivity contribution is 6.35. The van der Waals surface area contributed by atoms with Crippen LogP contribution in [0.15, 0.2) is 48.8 Å². The predicted octanol–water partition coefficient (Wildman–Crippen LogP) is 5.68. The van der Waals surface area contributed by atoms with Crippen LogP contribution in [0.5, 0.6) is 0 Å². The molecule has 0 unspecified atom stereocenters. The normalized spacial score (nSPS) is 16.4. The maximum absolute atomic E-state index is 14.5. The quantitative estimate of drug-likeness (QED) is 0.370. The van der Waals surface area contributed by atoms with E-state index in [1.165, 1.54) is 18.2 Å². The summed E-state index contributed by atoms with van der Waals surface area (Å²) in [5.41, 5.74) is 2.36. The first-order valence-corrected chi connectivity index (χ1v) is 10.8. The third-order valence-electron chi connectivity index (χ3n) is 5.98. The van der Waals surface area contributed by atoms with Crippen LogP contribution in [0.2, 0.25) is 5.02 Å². The fourth-order valence-electron chi connectivity index (χ4n) is 4.49. The summed E-state index contributed by atoms with van der Waals surface area (Å²) in [4.78, 5) is 14.3. The third kappa shape index (κ3) is 3.31. The average molecular weight is 469 g/mol. The van der Waals surface area contributed by atoms with Crippen molar-refractivity contribution < 1.29 is 13.2 Å². The molecule has 5 aromatic rings. The van der Waals surface area contributed by atoms with E-state index in [1.54, 1.807) is 23.0 Å². The van der Waals surface area contributed by atoms with Crippen molar-refractivity contribution in [3.05, 3.63) is 76.8 Å². The number of aromatic nitrogens is 5. The van der Waals surface area contributed by atoms with E-state index in [0.717, 1.165) is 18.6 Å². The number of hydrogen-bond acceptors (Lipinski definition) is 4. The van der Waals surface area contributed by atoms with Crippen LogP contribution in [0.4, 0.5) is 19.0 Å². The molecule has 0 spiro atoms. The standard InChI is InChI=1S/C23H16ClF3N6/c24-16-9-13(26)10-18-21(16)31-22(29-18)15-11-28-33-7-5-20(30-23(15)33)32-6-1-2-19(32)14-8-12(25)3-4-17(14)27/h3-5,7-11,19H,1-2,6H2,(H,29,31)/t19-/m1/s1. The van der Waals surface area contributed by atoms with Crippen LogP contribution in [0.25, 0.3) is 28.1 Å². The Morgan fingerprint density at radius 2 is 1.91 bits per heavy atom. The Labute approximate surface area is 190 Å². The van der Waals surface area contributed by atoms with E-state index in [1.807, 2.05) is 4.90 Å². The number of rotatable bonds is 3. The lowest BCUT2D eigenvalue weighted by Gasteiger charge is -2.26. The van der Waals surface area contributed by atoms with E-state index in [0.29, 0.717) is 52.4 Å². The van der Waals surface area contributed by atoms with Crippen molar-refractivity contribution >= 4 is 34.1 Å². The van der Waals surface area contributed by atoms with Gasteiger partial charge in [-0.05, 0) is 49.2 Å². The fraction of sp³-hybridized carbons (Fsp3) is 0.174. The van der Waals surface area contributed by atoms with Gasteiger partial charge >= 0.3 is 0 Å². The molecule has 0 bridgehead atoms. The molecule has 33 heavy (non-hydrogen) atoms. The number of nitrogens with one attached hydrogen (secondary N) is 1. The minimum absolute atomic E-state index is 0.203. The number of hydrogen-bond donors (Lipinski definition) is 1. The van der Waals surface area contributed by atoms with Crippen LogP contribution in [0, 0.1) is 17.5 Å². The van der Waals surface area contributed by atoms with Crippen molar-refractivity contribution in [2.24, 2.45) is 0 Å². The van der Waals surface area contributed by atoms with Crippen molar-refractivity contribution in [1.29, 1.82) is 0 Å². The molecule has 1 saturated heterocycles. The molecule has 0 amide bonds. The Bertz CT molecular complexity index is 1530. The molecule has 0 aliphatic carbocycles. The van der Waals surface area contributed by atoms with Crippen molar-refractivity contribution in [2.45, 2.75) is 18.9 Å². The number of nitrogens with zero attached hydrogens (tertiary/aromatic N) is 5. The van der Waals surface area contributed by atoms with Crippen molar-refractivity contribution in [1.82, 2.24) is 24.6 Å². The number of fused-ring (bicyclic) bond motifs is 2. The molecule has 6 nitrogen and oxygen atoms in total. The first kappa shape index (κ1) is 20.0. The smallest absolute Gasteiger partial charge is 0.168 e. The largest absolute Gasteiger partial charge is 0.349 e. The Balaban J connectivity index is 1.44. The Morgan fingerprint density at radius 3 is 2.79 bits per heavy atom. The van der Waals surface area contributed by atoms with Crippen LogP contribution in [-0.4, -0.2) is 31.1 Å². The van der Waals surface area contributed by atoms with Gasteiger partial charge in [-0.15, -0.1) is 0 Å². The second-order valence-corrected chi connectivity index (χ2v) is 8.41. The van der Waals surface area contributed by atoms with E-state index in [2.05, 4.69) is 15.1 Å². The van der Waals surface area contributed by atoms with Crippen LogP contribution < -0.4 is 4.90 Å². The monoisotopic (exact) mass is 468 g/mol. The summed E-state index contributed by atoms with van der Waals surface area (Å²) in [6, 6.07) is 7.53. The van der Waals surface area contributed by atoms with Crippen molar-refractivity contribution in [3.8, 4) is 11.4 Å². The first-order valence-electron chi connectivity index (χ1n) is 10.4. The van der Waals surface area contributed by atoms with Gasteiger partial charge in [0.25, 0.3) is 0 Å². The Hall–Kier alpha value is -3.59. The summed E-state index contributed by atoms with van der Waals surface area (Å²) in [6.07, 6.45) is 4.88. The fourth-order valence-corrected chi connectivity index (χ4v) is 4.74. The second-order valence-electron chi connectivity index (χ2n) is 8.00. The molecule has 3 aromatic heterocycles. The van der Waals surface area contributed by atoms with Gasteiger partial charge in [-0.1, -0.05) is 11.6 Å². The molecule has 1 atom stereocenters. The molecule has 166 valence electrons. The summed E-state index contributed by atoms with van der Waals surface area (Å²) in [5.74, 6) is -0.306. The first-order chi connectivity index (χ1) is 16.0. The molecule has 0 saturated carbocycles. The van der Waals surface area contributed by atoms with Crippen LogP contribution in [0.3, 0.4) is 0 Å². The van der Waals surface area contributed by atoms with Crippen molar-refractivity contribution in [2.75, 3.05) is 11.4 Å². The number of halogens is 4. The Kier molecular flexibility index (Phi) is 4.55. The number of benzene rings is 2. The molecule has 1 fully saturated rings. The van der Waals surface area contributed by atoms with Gasteiger partial charge in [0.1, 0.15) is 34.6 Å². The molecular formula is C23H16ClF3N6. The number of anilines is 1. The van der Waals surface area contributed by atoms with Gasteiger partial charge < -0.3 is 9.88 Å². The second kappa shape index (κ2) is 7.48. The van der Waals surface area contributed by atoms with Crippen LogP contribution in [0.1, 0.15) is 24.4 Å². The van der Waals surface area contributed by atoms with Gasteiger partial charge in [0, 0.05) is 18.3 Å². The minimum atomic E-state index is -0.472. The van der Waals surface area contributed by atoms with E-state index >= 15 is 0 Å². The lowest BCUT2D eigenvalue weighted by Crippen LogP contribution is -2.24. The van der Waals surface area contributed by atoms with Gasteiger partial charge in [-0.3, -0.25) is 0 Å². The number of aromatic amines is 1. The summed E-state index contributed by atoms with van der Waals surface area (Å²) < 4.78 is 43.6. The molecule has 6 rings (SSSR count). The Morgan fingerprint density at radius 1 is 1.03 bits per heavy atom. The predicted molar refractivity (Wildman–Crippen MR) is 119 cm³/mol. The van der Waals surface area contributed by atoms with Gasteiger partial charge in [0.05, 0.1) is 28.3 Å². The molecule has 10 heteroatoms. The lowest BCUT2D eigenvalue weighted by molar-refractivity contribution is 0.560. The zero-order chi connectivity index (χ0) is 22.7. The highest BCUT2D eigenvalue weighted by atomic mass is 35.5. The van der Waals surface area contributed by atoms with E-state index < -0.39 is 17.5 Å². The summed E-state index contributed by atoms with van der Waals surface area (Å²) in [7, 11) is 0. The zero-order valence-electron chi connectivity index (χ0n) is 17.1. The minimum Gasteiger partial charge on any atom is -0.349 e. The molecule has 4 heterocycles. The number of imidazole rings is 1. The molecular weight excluding hydrogens is 453 g/mol. The van der Waals surface area contributed by atoms with E-state index in [9.17, 15) is 13.2 Å². The summed E-state index contributed by atoms with van der Waals surface area (Å²) in [6.45, 7) is 0.660. The zero-order valence-corrected chi connectivity index (χ0v) is 17.8. The lowest BCUT2D eigenvalue weighted by atomic mass is 10.0. The third-order valence-corrected chi connectivity index (χ3v) is 6.27. The maximum Gasteiger partial charge on any atom is 0.168 e. The molecule has 1 aliphatic rings.